The molecule has 6 heteroatoms. The van der Waals surface area contributed by atoms with Crippen molar-refractivity contribution in [2.75, 3.05) is 20.1 Å². The molecule has 0 saturated carbocycles. The molecule has 142 valence electrons. The molecule has 0 bridgehead atoms. The van der Waals surface area contributed by atoms with Crippen molar-refractivity contribution in [3.8, 4) is 0 Å². The maximum absolute atomic E-state index is 14.7. The first-order valence-electron chi connectivity index (χ1n) is 9.25. The number of hydrogen-bond acceptors (Lipinski definition) is 3. The Morgan fingerprint density at radius 2 is 1.81 bits per heavy atom. The van der Waals surface area contributed by atoms with Crippen LogP contribution in [0.25, 0.3) is 11.0 Å². The molecule has 3 aromatic rings. The van der Waals surface area contributed by atoms with Crippen molar-refractivity contribution < 1.29 is 13.5 Å². The molecule has 1 N–H and O–H groups in total. The average Bonchev–Trinajstić information content (AvgIpc) is 3.05. The highest BCUT2D eigenvalue weighted by Gasteiger charge is 2.30. The predicted molar refractivity (Wildman–Crippen MR) is 101 cm³/mol. The number of ether oxygens (including phenoxy) is 1. The summed E-state index contributed by atoms with van der Waals surface area (Å²) in [5.41, 5.74) is 2.02. The van der Waals surface area contributed by atoms with E-state index in [2.05, 4.69) is 21.9 Å². The summed E-state index contributed by atoms with van der Waals surface area (Å²) < 4.78 is 35.7. The number of H-pyrrole nitrogens is 1. The molecule has 2 aromatic carbocycles. The Hall–Kier alpha value is -2.31. The summed E-state index contributed by atoms with van der Waals surface area (Å²) in [7, 11) is 2.06. The summed E-state index contributed by atoms with van der Waals surface area (Å²) >= 11 is 0. The number of likely N-dealkylation sites (tertiary alicyclic amines) is 1. The van der Waals surface area contributed by atoms with Crippen LogP contribution in [0.2, 0.25) is 0 Å². The molecule has 1 saturated heterocycles. The van der Waals surface area contributed by atoms with Crippen molar-refractivity contribution in [2.45, 2.75) is 32.0 Å². The number of rotatable bonds is 4. The maximum atomic E-state index is 14.7. The molecule has 1 aromatic heterocycles. The lowest BCUT2D eigenvalue weighted by molar-refractivity contribution is -0.0290. The fourth-order valence-electron chi connectivity index (χ4n) is 3.64. The van der Waals surface area contributed by atoms with E-state index in [-0.39, 0.29) is 11.7 Å². The molecule has 2 heterocycles. The number of para-hydroxylation sites is 2. The van der Waals surface area contributed by atoms with Crippen LogP contribution in [0, 0.1) is 18.6 Å². The van der Waals surface area contributed by atoms with E-state index in [1.807, 2.05) is 24.3 Å². The minimum atomic E-state index is -0.911. The fraction of sp³-hybridized carbons (Fsp3) is 0.381. The van der Waals surface area contributed by atoms with Gasteiger partial charge in [0.25, 0.3) is 0 Å². The summed E-state index contributed by atoms with van der Waals surface area (Å²) in [6.07, 6.45) is 0.663. The molecule has 0 radical (unpaired) electrons. The lowest BCUT2D eigenvalue weighted by Crippen LogP contribution is -2.35. The Morgan fingerprint density at radius 1 is 1.15 bits per heavy atom. The number of hydrogen-bond donors (Lipinski definition) is 1. The van der Waals surface area contributed by atoms with Crippen molar-refractivity contribution in [1.29, 1.82) is 0 Å². The van der Waals surface area contributed by atoms with Gasteiger partial charge in [-0.1, -0.05) is 12.1 Å². The van der Waals surface area contributed by atoms with E-state index in [4.69, 9.17) is 4.74 Å². The zero-order valence-electron chi connectivity index (χ0n) is 15.5. The molecule has 1 aliphatic rings. The van der Waals surface area contributed by atoms with Crippen LogP contribution in [-0.4, -0.2) is 41.1 Å². The second kappa shape index (κ2) is 7.37. The van der Waals surface area contributed by atoms with Gasteiger partial charge < -0.3 is 14.6 Å². The standard InChI is InChI=1S/C21H23F2N3O/c1-13-11-15(22)19(16(23)12-13)20(27-14-7-9-26(2)10-8-14)21-24-17-5-3-4-6-18(17)25-21/h3-6,11-12,14,20H,7-10H2,1-2H3,(H,24,25). The Labute approximate surface area is 157 Å². The molecule has 4 nitrogen and oxygen atoms in total. The molecule has 4 rings (SSSR count). The number of aryl methyl sites for hydroxylation is 1. The van der Waals surface area contributed by atoms with Crippen LogP contribution in [0.3, 0.4) is 0 Å². The topological polar surface area (TPSA) is 41.1 Å². The van der Waals surface area contributed by atoms with Gasteiger partial charge in [-0.25, -0.2) is 13.8 Å². The van der Waals surface area contributed by atoms with Crippen LogP contribution in [0.5, 0.6) is 0 Å². The van der Waals surface area contributed by atoms with Crippen LogP contribution in [0.1, 0.15) is 35.9 Å². The van der Waals surface area contributed by atoms with Gasteiger partial charge in [-0.2, -0.15) is 0 Å². The number of nitrogens with zero attached hydrogens (tertiary/aromatic N) is 2. The highest BCUT2D eigenvalue weighted by Crippen LogP contribution is 2.33. The lowest BCUT2D eigenvalue weighted by Gasteiger charge is -2.31. The Bertz CT molecular complexity index is 891. The summed E-state index contributed by atoms with van der Waals surface area (Å²) in [5, 5.41) is 0. The second-order valence-corrected chi connectivity index (χ2v) is 7.30. The van der Waals surface area contributed by atoms with Gasteiger partial charge in [0.1, 0.15) is 23.6 Å². The number of aromatic amines is 1. The molecule has 1 unspecified atom stereocenters. The van der Waals surface area contributed by atoms with Gasteiger partial charge >= 0.3 is 0 Å². The zero-order chi connectivity index (χ0) is 19.0. The lowest BCUT2D eigenvalue weighted by atomic mass is 10.0. The van der Waals surface area contributed by atoms with Crippen molar-refractivity contribution in [1.82, 2.24) is 14.9 Å². The van der Waals surface area contributed by atoms with Gasteiger partial charge in [0.2, 0.25) is 0 Å². The Morgan fingerprint density at radius 3 is 2.48 bits per heavy atom. The van der Waals surface area contributed by atoms with Gasteiger partial charge in [-0.15, -0.1) is 0 Å². The number of piperidine rings is 1. The smallest absolute Gasteiger partial charge is 0.146 e. The van der Waals surface area contributed by atoms with Gasteiger partial charge in [0.05, 0.1) is 22.7 Å². The Kier molecular flexibility index (Phi) is 4.93. The first-order valence-corrected chi connectivity index (χ1v) is 9.25. The second-order valence-electron chi connectivity index (χ2n) is 7.30. The van der Waals surface area contributed by atoms with E-state index in [0.29, 0.717) is 11.4 Å². The minimum absolute atomic E-state index is 0.0699. The number of nitrogens with one attached hydrogen (secondary N) is 1. The summed E-state index contributed by atoms with van der Waals surface area (Å²) in [4.78, 5) is 9.96. The first kappa shape index (κ1) is 18.1. The molecule has 0 amide bonds. The molecule has 27 heavy (non-hydrogen) atoms. The van der Waals surface area contributed by atoms with Crippen molar-refractivity contribution >= 4 is 11.0 Å². The monoisotopic (exact) mass is 371 g/mol. The number of halogens is 2. The molecule has 0 spiro atoms. The highest BCUT2D eigenvalue weighted by atomic mass is 19.1. The minimum Gasteiger partial charge on any atom is -0.362 e. The van der Waals surface area contributed by atoms with Gasteiger partial charge in [-0.3, -0.25) is 0 Å². The fourth-order valence-corrected chi connectivity index (χ4v) is 3.64. The normalized spacial score (nSPS) is 17.5. The molecular formula is C21H23F2N3O. The van der Waals surface area contributed by atoms with Gasteiger partial charge in [-0.05, 0) is 56.6 Å². The predicted octanol–water partition coefficient (Wildman–Crippen LogP) is 4.35. The number of imidazole rings is 1. The largest absolute Gasteiger partial charge is 0.362 e. The van der Waals surface area contributed by atoms with E-state index in [0.717, 1.165) is 37.0 Å². The van der Waals surface area contributed by atoms with Crippen LogP contribution >= 0.6 is 0 Å². The summed E-state index contributed by atoms with van der Waals surface area (Å²) in [5.74, 6) is -0.784. The molecule has 1 fully saturated rings. The number of benzene rings is 2. The van der Waals surface area contributed by atoms with E-state index in [1.165, 1.54) is 12.1 Å². The van der Waals surface area contributed by atoms with Crippen LogP contribution in [0.4, 0.5) is 8.78 Å². The SMILES string of the molecule is Cc1cc(F)c(C(OC2CCN(C)CC2)c2nc3ccccc3[nH]2)c(F)c1. The van der Waals surface area contributed by atoms with Crippen molar-refractivity contribution in [3.63, 3.8) is 0 Å². The first-order chi connectivity index (χ1) is 13.0. The van der Waals surface area contributed by atoms with Crippen molar-refractivity contribution in [3.05, 3.63) is 65.0 Å². The van der Waals surface area contributed by atoms with Gasteiger partial charge in [0.15, 0.2) is 0 Å². The van der Waals surface area contributed by atoms with Crippen LogP contribution in [-0.2, 0) is 4.74 Å². The number of aromatic nitrogens is 2. The van der Waals surface area contributed by atoms with E-state index >= 15 is 0 Å². The molecule has 0 aliphatic carbocycles. The quantitative estimate of drug-likeness (QED) is 0.741. The maximum Gasteiger partial charge on any atom is 0.146 e. The van der Waals surface area contributed by atoms with E-state index < -0.39 is 17.7 Å². The molecular weight excluding hydrogens is 348 g/mol. The molecule has 1 atom stereocenters. The van der Waals surface area contributed by atoms with Crippen molar-refractivity contribution in [2.24, 2.45) is 0 Å². The number of fused-ring (bicyclic) bond motifs is 1. The highest BCUT2D eigenvalue weighted by molar-refractivity contribution is 5.74. The molecule has 1 aliphatic heterocycles. The zero-order valence-corrected chi connectivity index (χ0v) is 15.5. The third kappa shape index (κ3) is 3.73. The third-order valence-electron chi connectivity index (χ3n) is 5.14. The summed E-state index contributed by atoms with van der Waals surface area (Å²) in [6, 6.07) is 10.2. The van der Waals surface area contributed by atoms with Crippen LogP contribution < -0.4 is 0 Å². The van der Waals surface area contributed by atoms with Gasteiger partial charge in [0, 0.05) is 13.1 Å². The Balaban J connectivity index is 1.75. The summed E-state index contributed by atoms with van der Waals surface area (Å²) in [6.45, 7) is 3.47. The average molecular weight is 371 g/mol. The third-order valence-corrected chi connectivity index (χ3v) is 5.14. The van der Waals surface area contributed by atoms with E-state index in [9.17, 15) is 8.78 Å². The van der Waals surface area contributed by atoms with Crippen LogP contribution in [0.15, 0.2) is 36.4 Å². The van der Waals surface area contributed by atoms with E-state index in [1.54, 1.807) is 6.92 Å².